The van der Waals surface area contributed by atoms with Gasteiger partial charge in [-0.3, -0.25) is 4.79 Å². The SMILES string of the molecule is O=C(NCc1noc(-c2ccc(C(F)(F)F)cc2F)n1)c1cccnc1F. The van der Waals surface area contributed by atoms with Gasteiger partial charge < -0.3 is 9.84 Å². The number of carbonyl (C=O) groups excluding carboxylic acids is 1. The summed E-state index contributed by atoms with van der Waals surface area (Å²) in [6, 6.07) is 4.44. The molecule has 0 fully saturated rings. The zero-order valence-electron chi connectivity index (χ0n) is 13.2. The molecule has 0 aliphatic rings. The number of alkyl halides is 3. The van der Waals surface area contributed by atoms with Crippen LogP contribution in [0.3, 0.4) is 0 Å². The average Bonchev–Trinajstić information content (AvgIpc) is 3.08. The summed E-state index contributed by atoms with van der Waals surface area (Å²) >= 11 is 0. The predicted octanol–water partition coefficient (Wildman–Crippen LogP) is 3.36. The zero-order chi connectivity index (χ0) is 19.6. The monoisotopic (exact) mass is 384 g/mol. The number of halogens is 5. The number of aromatic nitrogens is 3. The largest absolute Gasteiger partial charge is 0.416 e. The van der Waals surface area contributed by atoms with Gasteiger partial charge >= 0.3 is 6.18 Å². The molecule has 0 saturated heterocycles. The number of hydrogen-bond acceptors (Lipinski definition) is 5. The van der Waals surface area contributed by atoms with E-state index in [0.717, 1.165) is 6.07 Å². The Kier molecular flexibility index (Phi) is 4.84. The van der Waals surface area contributed by atoms with Crippen molar-refractivity contribution in [2.24, 2.45) is 0 Å². The van der Waals surface area contributed by atoms with E-state index in [4.69, 9.17) is 4.52 Å². The molecule has 3 rings (SSSR count). The lowest BCUT2D eigenvalue weighted by molar-refractivity contribution is -0.137. The van der Waals surface area contributed by atoms with E-state index in [-0.39, 0.29) is 29.4 Å². The fraction of sp³-hybridized carbons (Fsp3) is 0.125. The van der Waals surface area contributed by atoms with E-state index in [1.807, 2.05) is 0 Å². The number of pyridine rings is 1. The third kappa shape index (κ3) is 4.07. The molecule has 0 aliphatic carbocycles. The Balaban J connectivity index is 1.72. The molecule has 2 aromatic heterocycles. The van der Waals surface area contributed by atoms with Gasteiger partial charge in [-0.05, 0) is 30.3 Å². The lowest BCUT2D eigenvalue weighted by Crippen LogP contribution is -2.24. The van der Waals surface area contributed by atoms with Gasteiger partial charge in [0.15, 0.2) is 5.82 Å². The topological polar surface area (TPSA) is 80.9 Å². The fourth-order valence-electron chi connectivity index (χ4n) is 2.11. The van der Waals surface area contributed by atoms with Crippen LogP contribution in [0.2, 0.25) is 0 Å². The maximum Gasteiger partial charge on any atom is 0.416 e. The summed E-state index contributed by atoms with van der Waals surface area (Å²) in [5.41, 5.74) is -1.78. The highest BCUT2D eigenvalue weighted by Gasteiger charge is 2.31. The molecule has 0 spiro atoms. The van der Waals surface area contributed by atoms with Crippen LogP contribution in [-0.4, -0.2) is 21.0 Å². The highest BCUT2D eigenvalue weighted by Crippen LogP contribution is 2.32. The van der Waals surface area contributed by atoms with E-state index < -0.39 is 29.4 Å². The van der Waals surface area contributed by atoms with Crippen LogP contribution in [0.1, 0.15) is 21.7 Å². The molecule has 27 heavy (non-hydrogen) atoms. The van der Waals surface area contributed by atoms with Crippen molar-refractivity contribution in [3.63, 3.8) is 0 Å². The molecule has 0 aliphatic heterocycles. The molecule has 6 nitrogen and oxygen atoms in total. The molecule has 1 N–H and O–H groups in total. The van der Waals surface area contributed by atoms with Gasteiger partial charge in [-0.15, -0.1) is 0 Å². The molecule has 11 heteroatoms. The third-order valence-electron chi connectivity index (χ3n) is 3.41. The summed E-state index contributed by atoms with van der Waals surface area (Å²) in [5.74, 6) is -3.38. The molecule has 1 amide bonds. The number of nitrogens with zero attached hydrogens (tertiary/aromatic N) is 3. The summed E-state index contributed by atoms with van der Waals surface area (Å²) in [4.78, 5) is 19.0. The van der Waals surface area contributed by atoms with E-state index in [9.17, 15) is 26.7 Å². The van der Waals surface area contributed by atoms with Crippen LogP contribution in [0.5, 0.6) is 0 Å². The Morgan fingerprint density at radius 1 is 1.19 bits per heavy atom. The Morgan fingerprint density at radius 3 is 2.63 bits per heavy atom. The van der Waals surface area contributed by atoms with Gasteiger partial charge in [0.25, 0.3) is 11.8 Å². The van der Waals surface area contributed by atoms with Gasteiger partial charge in [0.2, 0.25) is 5.95 Å². The van der Waals surface area contributed by atoms with Crippen LogP contribution < -0.4 is 5.32 Å². The highest BCUT2D eigenvalue weighted by atomic mass is 19.4. The van der Waals surface area contributed by atoms with Crippen molar-refractivity contribution < 1.29 is 31.3 Å². The van der Waals surface area contributed by atoms with Gasteiger partial charge in [-0.2, -0.15) is 22.5 Å². The van der Waals surface area contributed by atoms with Gasteiger partial charge in [-0.25, -0.2) is 9.37 Å². The molecule has 140 valence electrons. The molecular weight excluding hydrogens is 375 g/mol. The van der Waals surface area contributed by atoms with Crippen LogP contribution in [-0.2, 0) is 12.7 Å². The summed E-state index contributed by atoms with van der Waals surface area (Å²) in [6.45, 7) is -0.279. The minimum Gasteiger partial charge on any atom is -0.344 e. The van der Waals surface area contributed by atoms with E-state index in [2.05, 4.69) is 20.4 Å². The highest BCUT2D eigenvalue weighted by molar-refractivity contribution is 5.93. The molecule has 0 atom stereocenters. The first-order chi connectivity index (χ1) is 12.8. The van der Waals surface area contributed by atoms with Crippen LogP contribution >= 0.6 is 0 Å². The molecule has 1 aromatic carbocycles. The van der Waals surface area contributed by atoms with E-state index in [1.54, 1.807) is 0 Å². The van der Waals surface area contributed by atoms with E-state index in [1.165, 1.54) is 18.3 Å². The molecular formula is C16H9F5N4O2. The van der Waals surface area contributed by atoms with Crippen molar-refractivity contribution in [3.05, 3.63) is 65.2 Å². The van der Waals surface area contributed by atoms with Gasteiger partial charge in [-0.1, -0.05) is 5.16 Å². The summed E-state index contributed by atoms with van der Waals surface area (Å²) in [6.07, 6.45) is -3.51. The lowest BCUT2D eigenvalue weighted by atomic mass is 10.1. The Morgan fingerprint density at radius 2 is 1.96 bits per heavy atom. The molecule has 0 radical (unpaired) electrons. The number of amides is 1. The van der Waals surface area contributed by atoms with Crippen LogP contribution in [0, 0.1) is 11.8 Å². The van der Waals surface area contributed by atoms with Gasteiger partial charge in [0.05, 0.1) is 23.2 Å². The standard InChI is InChI=1S/C16H9F5N4O2/c17-11-6-8(16(19,20)21)3-4-9(11)15-24-12(25-27-15)7-23-14(26)10-2-1-5-22-13(10)18/h1-6H,7H2,(H,23,26). The maximum atomic E-state index is 13.9. The van der Waals surface area contributed by atoms with Crippen molar-refractivity contribution in [1.29, 1.82) is 0 Å². The summed E-state index contributed by atoms with van der Waals surface area (Å²) < 4.78 is 69.8. The second-order valence-electron chi connectivity index (χ2n) is 5.23. The van der Waals surface area contributed by atoms with Gasteiger partial charge in [0.1, 0.15) is 5.82 Å². The number of rotatable bonds is 4. The van der Waals surface area contributed by atoms with Crippen molar-refractivity contribution >= 4 is 5.91 Å². The second kappa shape index (κ2) is 7.09. The van der Waals surface area contributed by atoms with Crippen molar-refractivity contribution in [2.45, 2.75) is 12.7 Å². The first kappa shape index (κ1) is 18.4. The molecule has 0 saturated carbocycles. The predicted molar refractivity (Wildman–Crippen MR) is 80.1 cm³/mol. The van der Waals surface area contributed by atoms with Crippen LogP contribution in [0.25, 0.3) is 11.5 Å². The average molecular weight is 384 g/mol. The van der Waals surface area contributed by atoms with Crippen molar-refractivity contribution in [3.8, 4) is 11.5 Å². The second-order valence-corrected chi connectivity index (χ2v) is 5.23. The lowest BCUT2D eigenvalue weighted by Gasteiger charge is -2.07. The molecule has 2 heterocycles. The minimum atomic E-state index is -4.69. The summed E-state index contributed by atoms with van der Waals surface area (Å²) in [5, 5.41) is 5.81. The molecule has 0 bridgehead atoms. The maximum absolute atomic E-state index is 13.9. The molecule has 0 unspecified atom stereocenters. The van der Waals surface area contributed by atoms with Crippen LogP contribution in [0.15, 0.2) is 41.1 Å². The smallest absolute Gasteiger partial charge is 0.344 e. The Labute approximate surface area is 148 Å². The van der Waals surface area contributed by atoms with E-state index >= 15 is 0 Å². The van der Waals surface area contributed by atoms with Crippen molar-refractivity contribution in [2.75, 3.05) is 0 Å². The fourth-order valence-corrected chi connectivity index (χ4v) is 2.11. The quantitative estimate of drug-likeness (QED) is 0.551. The van der Waals surface area contributed by atoms with E-state index in [0.29, 0.717) is 12.1 Å². The first-order valence-electron chi connectivity index (χ1n) is 7.34. The number of carbonyl (C=O) groups is 1. The first-order valence-corrected chi connectivity index (χ1v) is 7.34. The third-order valence-corrected chi connectivity index (χ3v) is 3.41. The summed E-state index contributed by atoms with van der Waals surface area (Å²) in [7, 11) is 0. The number of benzene rings is 1. The van der Waals surface area contributed by atoms with Crippen LogP contribution in [0.4, 0.5) is 22.0 Å². The number of hydrogen-bond donors (Lipinski definition) is 1. The Bertz CT molecular complexity index is 987. The normalized spacial score (nSPS) is 11.4. The van der Waals surface area contributed by atoms with Crippen molar-refractivity contribution in [1.82, 2.24) is 20.4 Å². The minimum absolute atomic E-state index is 0.0815. The molecule has 3 aromatic rings. The number of nitrogens with one attached hydrogen (secondary N) is 1. The Hall–Kier alpha value is -3.37. The van der Waals surface area contributed by atoms with Gasteiger partial charge in [0, 0.05) is 6.20 Å². The zero-order valence-corrected chi connectivity index (χ0v) is 13.2.